The molecule has 0 bridgehead atoms. The van der Waals surface area contributed by atoms with Crippen molar-refractivity contribution in [3.63, 3.8) is 0 Å². The van der Waals surface area contributed by atoms with E-state index in [9.17, 15) is 18.6 Å². The van der Waals surface area contributed by atoms with Crippen LogP contribution < -0.4 is 0 Å². The third-order valence-electron chi connectivity index (χ3n) is 4.23. The molecule has 0 aromatic heterocycles. The fourth-order valence-electron chi connectivity index (χ4n) is 3.07. The highest BCUT2D eigenvalue weighted by atomic mass is 32.2. The molecule has 0 aliphatic heterocycles. The van der Waals surface area contributed by atoms with Gasteiger partial charge in [-0.2, -0.15) is 0 Å². The van der Waals surface area contributed by atoms with E-state index in [1.165, 1.54) is 24.3 Å². The standard InChI is InChI=1S/C20H14O4S/c21-15-7-9-17-13(11-15)3-1-5-19(17)25(23,24)20-6-2-4-14-12-16(22)8-10-18(14)20/h1-12,21-22H. The Morgan fingerprint density at radius 3 is 1.48 bits per heavy atom. The minimum atomic E-state index is -3.78. The van der Waals surface area contributed by atoms with Crippen molar-refractivity contribution in [1.29, 1.82) is 0 Å². The summed E-state index contributed by atoms with van der Waals surface area (Å²) in [7, 11) is -3.78. The lowest BCUT2D eigenvalue weighted by Crippen LogP contribution is -2.03. The molecule has 0 radical (unpaired) electrons. The van der Waals surface area contributed by atoms with Crippen molar-refractivity contribution in [2.75, 3.05) is 0 Å². The summed E-state index contributed by atoms with van der Waals surface area (Å²) < 4.78 is 26.6. The van der Waals surface area contributed by atoms with Gasteiger partial charge in [0.2, 0.25) is 9.84 Å². The zero-order chi connectivity index (χ0) is 17.6. The molecule has 0 heterocycles. The van der Waals surface area contributed by atoms with Gasteiger partial charge in [0.1, 0.15) is 11.5 Å². The van der Waals surface area contributed by atoms with Crippen molar-refractivity contribution < 1.29 is 18.6 Å². The van der Waals surface area contributed by atoms with Gasteiger partial charge in [0.05, 0.1) is 9.79 Å². The summed E-state index contributed by atoms with van der Waals surface area (Å²) in [4.78, 5) is 0.371. The van der Waals surface area contributed by atoms with Crippen LogP contribution in [0.25, 0.3) is 21.5 Å². The number of sulfone groups is 1. The van der Waals surface area contributed by atoms with Gasteiger partial charge < -0.3 is 10.2 Å². The van der Waals surface area contributed by atoms with Crippen LogP contribution in [0.2, 0.25) is 0 Å². The van der Waals surface area contributed by atoms with Crippen LogP contribution in [-0.2, 0) is 9.84 Å². The van der Waals surface area contributed by atoms with Crippen LogP contribution in [0.5, 0.6) is 11.5 Å². The monoisotopic (exact) mass is 350 g/mol. The summed E-state index contributed by atoms with van der Waals surface area (Å²) in [6.07, 6.45) is 0. The quantitative estimate of drug-likeness (QED) is 0.567. The van der Waals surface area contributed by atoms with E-state index < -0.39 is 9.84 Å². The zero-order valence-corrected chi connectivity index (χ0v) is 13.9. The minimum absolute atomic E-state index is 0.0858. The molecule has 0 aliphatic rings. The number of hydrogen-bond acceptors (Lipinski definition) is 4. The molecule has 2 N–H and O–H groups in total. The number of aromatic hydroxyl groups is 2. The number of phenolic OH excluding ortho intramolecular Hbond substituents is 2. The number of phenols is 2. The van der Waals surface area contributed by atoms with Gasteiger partial charge in [-0.25, -0.2) is 8.42 Å². The van der Waals surface area contributed by atoms with Crippen molar-refractivity contribution in [1.82, 2.24) is 0 Å². The first-order valence-corrected chi connectivity index (χ1v) is 9.14. The Morgan fingerprint density at radius 1 is 0.600 bits per heavy atom. The molecule has 25 heavy (non-hydrogen) atoms. The molecule has 0 saturated carbocycles. The molecule has 124 valence electrons. The maximum Gasteiger partial charge on any atom is 0.207 e. The molecule has 5 heteroatoms. The molecule has 0 amide bonds. The first-order chi connectivity index (χ1) is 12.0. The average molecular weight is 350 g/mol. The molecular weight excluding hydrogens is 336 g/mol. The van der Waals surface area contributed by atoms with Crippen LogP contribution >= 0.6 is 0 Å². The molecule has 0 aliphatic carbocycles. The third-order valence-corrected chi connectivity index (χ3v) is 6.10. The van der Waals surface area contributed by atoms with Crippen LogP contribution in [0.15, 0.2) is 82.6 Å². The van der Waals surface area contributed by atoms with E-state index in [1.54, 1.807) is 48.5 Å². The first kappa shape index (κ1) is 15.5. The van der Waals surface area contributed by atoms with Crippen molar-refractivity contribution in [2.24, 2.45) is 0 Å². The van der Waals surface area contributed by atoms with Gasteiger partial charge in [-0.15, -0.1) is 0 Å². The summed E-state index contributed by atoms with van der Waals surface area (Å²) in [5.74, 6) is 0.172. The molecule has 4 aromatic rings. The molecule has 0 atom stereocenters. The molecule has 4 aromatic carbocycles. The Bertz CT molecular complexity index is 1140. The summed E-state index contributed by atoms with van der Waals surface area (Å²) in [5.41, 5.74) is 0. The first-order valence-electron chi connectivity index (χ1n) is 7.65. The van der Waals surface area contributed by atoms with Crippen LogP contribution in [0.1, 0.15) is 0 Å². The van der Waals surface area contributed by atoms with Gasteiger partial charge in [-0.1, -0.05) is 24.3 Å². The summed E-state index contributed by atoms with van der Waals surface area (Å²) in [5, 5.41) is 21.7. The average Bonchev–Trinajstić information content (AvgIpc) is 2.60. The normalized spacial score (nSPS) is 11.8. The lowest BCUT2D eigenvalue weighted by atomic mass is 10.1. The number of rotatable bonds is 2. The lowest BCUT2D eigenvalue weighted by molar-refractivity contribution is 0.475. The predicted octanol–water partition coefficient (Wildman–Crippen LogP) is 4.24. The van der Waals surface area contributed by atoms with Gasteiger partial charge in [-0.3, -0.25) is 0 Å². The molecular formula is C20H14O4S. The fraction of sp³-hybridized carbons (Fsp3) is 0. The van der Waals surface area contributed by atoms with Crippen molar-refractivity contribution >= 4 is 31.4 Å². The van der Waals surface area contributed by atoms with Crippen molar-refractivity contribution in [3.05, 3.63) is 72.8 Å². The van der Waals surface area contributed by atoms with Gasteiger partial charge in [-0.05, 0) is 59.3 Å². The largest absolute Gasteiger partial charge is 0.508 e. The molecule has 4 rings (SSSR count). The van der Waals surface area contributed by atoms with Gasteiger partial charge in [0.25, 0.3) is 0 Å². The maximum atomic E-state index is 13.3. The van der Waals surface area contributed by atoms with Crippen LogP contribution in [0, 0.1) is 0 Å². The van der Waals surface area contributed by atoms with E-state index >= 15 is 0 Å². The second-order valence-electron chi connectivity index (χ2n) is 5.83. The van der Waals surface area contributed by atoms with E-state index in [0.29, 0.717) is 21.5 Å². The molecule has 0 saturated heterocycles. The van der Waals surface area contributed by atoms with E-state index in [1.807, 2.05) is 0 Å². The minimum Gasteiger partial charge on any atom is -0.508 e. The fourth-order valence-corrected chi connectivity index (χ4v) is 4.77. The number of benzene rings is 4. The highest BCUT2D eigenvalue weighted by Crippen LogP contribution is 2.34. The zero-order valence-electron chi connectivity index (χ0n) is 13.0. The highest BCUT2D eigenvalue weighted by molar-refractivity contribution is 7.92. The van der Waals surface area contributed by atoms with Crippen molar-refractivity contribution in [2.45, 2.75) is 9.79 Å². The summed E-state index contributed by atoms with van der Waals surface area (Å²) in [6.45, 7) is 0. The van der Waals surface area contributed by atoms with E-state index in [4.69, 9.17) is 0 Å². The molecule has 4 nitrogen and oxygen atoms in total. The Labute approximate surface area is 144 Å². The topological polar surface area (TPSA) is 74.6 Å². The second kappa shape index (κ2) is 5.50. The SMILES string of the molecule is O=S(=O)(c1cccc2cc(O)ccc12)c1cccc2cc(O)ccc12. The Balaban J connectivity index is 2.04. The van der Waals surface area contributed by atoms with Crippen LogP contribution in [0.3, 0.4) is 0 Å². The lowest BCUT2D eigenvalue weighted by Gasteiger charge is -2.11. The predicted molar refractivity (Wildman–Crippen MR) is 96.7 cm³/mol. The molecule has 0 unspecified atom stereocenters. The van der Waals surface area contributed by atoms with E-state index in [2.05, 4.69) is 0 Å². The van der Waals surface area contributed by atoms with Gasteiger partial charge in [0, 0.05) is 10.8 Å². The Morgan fingerprint density at radius 2 is 1.04 bits per heavy atom. The van der Waals surface area contributed by atoms with E-state index in [0.717, 1.165) is 0 Å². The van der Waals surface area contributed by atoms with Gasteiger partial charge >= 0.3 is 0 Å². The summed E-state index contributed by atoms with van der Waals surface area (Å²) in [6, 6.07) is 19.2. The molecule has 0 spiro atoms. The molecule has 0 fully saturated rings. The highest BCUT2D eigenvalue weighted by Gasteiger charge is 2.22. The van der Waals surface area contributed by atoms with Crippen LogP contribution in [0.4, 0.5) is 0 Å². The second-order valence-corrected chi connectivity index (χ2v) is 7.71. The summed E-state index contributed by atoms with van der Waals surface area (Å²) >= 11 is 0. The Kier molecular flexibility index (Phi) is 3.40. The Hall–Kier alpha value is -3.05. The number of fused-ring (bicyclic) bond motifs is 2. The third kappa shape index (κ3) is 2.49. The van der Waals surface area contributed by atoms with Crippen LogP contribution in [-0.4, -0.2) is 18.6 Å². The van der Waals surface area contributed by atoms with E-state index in [-0.39, 0.29) is 21.3 Å². The number of hydrogen-bond donors (Lipinski definition) is 2. The maximum absolute atomic E-state index is 13.3. The van der Waals surface area contributed by atoms with Crippen molar-refractivity contribution in [3.8, 4) is 11.5 Å². The van der Waals surface area contributed by atoms with Gasteiger partial charge in [0.15, 0.2) is 0 Å². The smallest absolute Gasteiger partial charge is 0.207 e.